The first-order valence-corrected chi connectivity index (χ1v) is 19.0. The molecule has 2 saturated heterocycles. The van der Waals surface area contributed by atoms with Crippen LogP contribution in [0.25, 0.3) is 21.7 Å². The predicted molar refractivity (Wildman–Crippen MR) is 143 cm³/mol. The molecule has 1 N–H and O–H groups in total. The van der Waals surface area contributed by atoms with E-state index in [1.807, 2.05) is 18.2 Å². The van der Waals surface area contributed by atoms with Crippen LogP contribution in [0.2, 0.25) is 0 Å². The van der Waals surface area contributed by atoms with E-state index in [1.165, 1.54) is 32.4 Å². The zero-order valence-electron chi connectivity index (χ0n) is 18.8. The van der Waals surface area contributed by atoms with Gasteiger partial charge < -0.3 is 0 Å². The number of nitrogens with one attached hydrogen (secondary N) is 1. The van der Waals surface area contributed by atoms with Gasteiger partial charge in [-0.3, -0.25) is 0 Å². The number of benzene rings is 2. The van der Waals surface area contributed by atoms with Crippen molar-refractivity contribution in [3.63, 3.8) is 0 Å². The number of hydrogen-bond acceptors (Lipinski definition) is 5. The third-order valence-electron chi connectivity index (χ3n) is 7.48. The molecule has 0 radical (unpaired) electrons. The fourth-order valence-corrected chi connectivity index (χ4v) is 17.7. The molecular formula is C25H30IN3O3S. The Morgan fingerprint density at radius 3 is 2.36 bits per heavy atom. The molecule has 2 aromatic carbocycles. The first-order chi connectivity index (χ1) is 16.0. The molecule has 176 valence electrons. The van der Waals surface area contributed by atoms with E-state index in [1.54, 1.807) is 12.1 Å². The van der Waals surface area contributed by atoms with Crippen LogP contribution in [0, 0.1) is 0 Å². The van der Waals surface area contributed by atoms with E-state index in [0.717, 1.165) is 62.5 Å². The summed E-state index contributed by atoms with van der Waals surface area (Å²) in [4.78, 5) is 21.0. The van der Waals surface area contributed by atoms with Crippen molar-refractivity contribution in [1.29, 1.82) is 0 Å². The minimum absolute atomic E-state index is 0.102. The Morgan fingerprint density at radius 2 is 1.61 bits per heavy atom. The summed E-state index contributed by atoms with van der Waals surface area (Å²) in [7, 11) is -3.28. The normalized spacial score (nSPS) is 20.9. The summed E-state index contributed by atoms with van der Waals surface area (Å²) < 4.78 is 29.4. The van der Waals surface area contributed by atoms with Crippen LogP contribution in [0.3, 0.4) is 0 Å². The van der Waals surface area contributed by atoms with Gasteiger partial charge in [0.1, 0.15) is 0 Å². The number of piperidine rings is 1. The second-order valence-electron chi connectivity index (χ2n) is 9.40. The van der Waals surface area contributed by atoms with Gasteiger partial charge in [-0.1, -0.05) is 0 Å². The molecule has 1 aliphatic carbocycles. The van der Waals surface area contributed by atoms with E-state index in [9.17, 15) is 13.2 Å². The molecule has 1 aromatic heterocycles. The molecule has 3 aromatic rings. The van der Waals surface area contributed by atoms with E-state index in [-0.39, 0.29) is 5.56 Å². The summed E-state index contributed by atoms with van der Waals surface area (Å²) in [5.41, 5.74) is 2.62. The number of rotatable bonds is 5. The Kier molecular flexibility index (Phi) is 5.75. The number of aromatic nitrogens is 1. The van der Waals surface area contributed by atoms with Crippen LogP contribution in [0.15, 0.2) is 40.0 Å². The van der Waals surface area contributed by atoms with E-state index < -0.39 is 25.4 Å². The monoisotopic (exact) mass is 579 g/mol. The number of likely N-dealkylation sites (tertiary alicyclic amines) is 1. The average molecular weight is 580 g/mol. The molecule has 0 saturated carbocycles. The number of nitrogens with zero attached hydrogens (tertiary/aromatic N) is 2. The molecule has 3 aliphatic rings. The van der Waals surface area contributed by atoms with E-state index in [4.69, 9.17) is 0 Å². The molecule has 0 amide bonds. The maximum atomic E-state index is 13.8. The summed E-state index contributed by atoms with van der Waals surface area (Å²) in [6.45, 7) is 6.43. The molecule has 0 atom stereocenters. The fraction of sp³-hybridized carbons (Fsp3) is 0.480. The SMILES string of the molecule is O=c1[nH]c2ccc(S(=O)(=O)I3CCN(CCN4CCCCC4)CC3)c3c2c2c(cccc12)C3. The molecule has 6 nitrogen and oxygen atoms in total. The van der Waals surface area contributed by atoms with Crippen LogP contribution in [-0.2, 0) is 13.4 Å². The number of aromatic amines is 1. The average Bonchev–Trinajstić information content (AvgIpc) is 3.23. The van der Waals surface area contributed by atoms with Gasteiger partial charge in [0.25, 0.3) is 0 Å². The number of H-pyrrole nitrogens is 1. The van der Waals surface area contributed by atoms with Gasteiger partial charge in [0.2, 0.25) is 0 Å². The van der Waals surface area contributed by atoms with Crippen LogP contribution in [0.4, 0.5) is 0 Å². The first kappa shape index (κ1) is 22.0. The Bertz CT molecular complexity index is 1390. The third-order valence-corrected chi connectivity index (χ3v) is 20.8. The van der Waals surface area contributed by atoms with Crippen molar-refractivity contribution in [3.05, 3.63) is 51.8 Å². The van der Waals surface area contributed by atoms with Crippen LogP contribution in [-0.4, -0.2) is 71.3 Å². The summed E-state index contributed by atoms with van der Waals surface area (Å²) in [5, 5.41) is 2.55. The summed E-state index contributed by atoms with van der Waals surface area (Å²) in [6.07, 6.45) is 4.58. The van der Waals surface area contributed by atoms with Gasteiger partial charge in [0.05, 0.1) is 0 Å². The molecular weight excluding hydrogens is 549 g/mol. The van der Waals surface area contributed by atoms with Gasteiger partial charge in [-0.15, -0.1) is 0 Å². The van der Waals surface area contributed by atoms with Gasteiger partial charge in [-0.25, -0.2) is 0 Å². The van der Waals surface area contributed by atoms with Crippen LogP contribution in [0.5, 0.6) is 0 Å². The molecule has 2 fully saturated rings. The summed E-state index contributed by atoms with van der Waals surface area (Å²) in [6, 6.07) is 9.33. The van der Waals surface area contributed by atoms with Crippen LogP contribution < -0.4 is 5.56 Å². The van der Waals surface area contributed by atoms with E-state index in [2.05, 4.69) is 14.8 Å². The zero-order chi connectivity index (χ0) is 22.6. The minimum atomic E-state index is -3.28. The van der Waals surface area contributed by atoms with Gasteiger partial charge in [-0.05, 0) is 0 Å². The Hall–Kier alpha value is -1.49. The van der Waals surface area contributed by atoms with Crippen molar-refractivity contribution in [2.75, 3.05) is 48.1 Å². The first-order valence-electron chi connectivity index (χ1n) is 11.9. The Balaban J connectivity index is 1.23. The van der Waals surface area contributed by atoms with Gasteiger partial charge >= 0.3 is 201 Å². The quantitative estimate of drug-likeness (QED) is 0.170. The van der Waals surface area contributed by atoms with Crippen molar-refractivity contribution in [2.45, 2.75) is 30.6 Å². The maximum absolute atomic E-state index is 13.8. The molecule has 0 unspecified atom stereocenters. The molecule has 0 spiro atoms. The van der Waals surface area contributed by atoms with Crippen LogP contribution >= 0.6 is 18.4 Å². The standard InChI is InChI=1S/C25H30IN3O3S/c30-25-19-6-4-5-18-17-20-22(8-7-21(27-25)24(20)23(18)19)33(31,32)26-9-13-29(14-10-26)16-15-28-11-2-1-3-12-28/h4-8H,1-3,9-17H2,(H,27,30). The topological polar surface area (TPSA) is 73.5 Å². The zero-order valence-corrected chi connectivity index (χ0v) is 21.8. The number of pyridine rings is 1. The van der Waals surface area contributed by atoms with E-state index >= 15 is 0 Å². The summed E-state index contributed by atoms with van der Waals surface area (Å²) >= 11 is -2.20. The van der Waals surface area contributed by atoms with Gasteiger partial charge in [0.15, 0.2) is 0 Å². The fourth-order valence-electron chi connectivity index (χ4n) is 5.68. The molecule has 33 heavy (non-hydrogen) atoms. The number of hydrogen-bond donors (Lipinski definition) is 1. The third kappa shape index (κ3) is 3.83. The Morgan fingerprint density at radius 1 is 0.879 bits per heavy atom. The summed E-state index contributed by atoms with van der Waals surface area (Å²) in [5.74, 6) is 0. The van der Waals surface area contributed by atoms with Crippen molar-refractivity contribution >= 4 is 47.1 Å². The van der Waals surface area contributed by atoms with Crippen molar-refractivity contribution < 1.29 is 8.42 Å². The Labute approximate surface area is 200 Å². The van der Waals surface area contributed by atoms with E-state index in [0.29, 0.717) is 16.7 Å². The second kappa shape index (κ2) is 8.62. The predicted octanol–water partition coefficient (Wildman–Crippen LogP) is 3.58. The number of halogens is 1. The van der Waals surface area contributed by atoms with Crippen molar-refractivity contribution in [1.82, 2.24) is 14.8 Å². The van der Waals surface area contributed by atoms with Gasteiger partial charge in [-0.2, -0.15) is 0 Å². The molecule has 6 rings (SSSR count). The second-order valence-corrected chi connectivity index (χ2v) is 21.6. The molecule has 8 heteroatoms. The van der Waals surface area contributed by atoms with Crippen molar-refractivity contribution in [3.8, 4) is 0 Å². The molecule has 2 aliphatic heterocycles. The van der Waals surface area contributed by atoms with Crippen molar-refractivity contribution in [2.24, 2.45) is 0 Å². The van der Waals surface area contributed by atoms with Gasteiger partial charge in [0, 0.05) is 0 Å². The van der Waals surface area contributed by atoms with Crippen LogP contribution in [0.1, 0.15) is 30.4 Å². The molecule has 3 heterocycles. The molecule has 0 bridgehead atoms. The number of alkyl halides is 2.